The number of carbonyl (C=O) groups excluding carboxylic acids is 1. The van der Waals surface area contributed by atoms with Crippen molar-refractivity contribution in [3.63, 3.8) is 0 Å². The number of amides is 2. The monoisotopic (exact) mass is 271 g/mol. The fourth-order valence-electron chi connectivity index (χ4n) is 1.92. The molecule has 0 aromatic carbocycles. The molecule has 110 valence electrons. The van der Waals surface area contributed by atoms with Gasteiger partial charge in [-0.05, 0) is 26.3 Å². The zero-order valence-electron chi connectivity index (χ0n) is 11.8. The van der Waals surface area contributed by atoms with Crippen molar-refractivity contribution in [3.8, 4) is 0 Å². The molecule has 0 aliphatic heterocycles. The number of likely N-dealkylation sites (N-methyl/N-ethyl adjacent to an activating group) is 1. The first-order valence-electron chi connectivity index (χ1n) is 7.02. The molecule has 1 atom stereocenters. The average Bonchev–Trinajstić information content (AvgIpc) is 3.18. The highest BCUT2D eigenvalue weighted by molar-refractivity contribution is 5.82. The zero-order chi connectivity index (χ0) is 14.3. The highest BCUT2D eigenvalue weighted by Gasteiger charge is 2.25. The number of hydrogen-bond acceptors (Lipinski definition) is 3. The van der Waals surface area contributed by atoms with Gasteiger partial charge in [0.25, 0.3) is 0 Å². The molecule has 0 spiro atoms. The van der Waals surface area contributed by atoms with Crippen LogP contribution in [0.25, 0.3) is 0 Å². The van der Waals surface area contributed by atoms with Gasteiger partial charge in [0.15, 0.2) is 0 Å². The third-order valence-corrected chi connectivity index (χ3v) is 3.37. The van der Waals surface area contributed by atoms with Gasteiger partial charge in [-0.3, -0.25) is 0 Å². The third kappa shape index (κ3) is 6.42. The van der Waals surface area contributed by atoms with Crippen LogP contribution in [-0.2, 0) is 4.79 Å². The highest BCUT2D eigenvalue weighted by atomic mass is 16.4. The Labute approximate surface area is 114 Å². The molecule has 0 aromatic heterocycles. The van der Waals surface area contributed by atoms with Crippen molar-refractivity contribution in [2.45, 2.75) is 51.1 Å². The molecule has 1 saturated carbocycles. The molecule has 19 heavy (non-hydrogen) atoms. The van der Waals surface area contributed by atoms with E-state index < -0.39 is 18.0 Å². The zero-order valence-corrected chi connectivity index (χ0v) is 11.8. The van der Waals surface area contributed by atoms with Crippen LogP contribution in [0.4, 0.5) is 4.79 Å². The summed E-state index contributed by atoms with van der Waals surface area (Å²) in [4.78, 5) is 24.8. The minimum Gasteiger partial charge on any atom is -0.480 e. The fraction of sp³-hybridized carbons (Fsp3) is 0.846. The van der Waals surface area contributed by atoms with E-state index in [0.717, 1.165) is 19.4 Å². The Bertz CT molecular complexity index is 306. The van der Waals surface area contributed by atoms with Crippen LogP contribution in [0, 0.1) is 0 Å². The average molecular weight is 271 g/mol. The summed E-state index contributed by atoms with van der Waals surface area (Å²) >= 11 is 0. The topological polar surface area (TPSA) is 81.7 Å². The van der Waals surface area contributed by atoms with Crippen LogP contribution in [0.1, 0.15) is 39.0 Å². The molecule has 6 nitrogen and oxygen atoms in total. The van der Waals surface area contributed by atoms with E-state index in [4.69, 9.17) is 5.11 Å². The van der Waals surface area contributed by atoms with Crippen molar-refractivity contribution in [2.75, 3.05) is 20.1 Å². The number of carboxylic acids is 1. The van der Waals surface area contributed by atoms with Gasteiger partial charge in [0.1, 0.15) is 6.04 Å². The highest BCUT2D eigenvalue weighted by Crippen LogP contribution is 2.24. The van der Waals surface area contributed by atoms with Gasteiger partial charge in [0, 0.05) is 19.1 Å². The smallest absolute Gasteiger partial charge is 0.326 e. The first-order valence-corrected chi connectivity index (χ1v) is 7.02. The molecular formula is C13H25N3O3. The van der Waals surface area contributed by atoms with Crippen molar-refractivity contribution in [3.05, 3.63) is 0 Å². The number of carboxylic acid groups (broad SMARTS) is 1. The molecule has 0 unspecified atom stereocenters. The number of nitrogens with zero attached hydrogens (tertiary/aromatic N) is 1. The summed E-state index contributed by atoms with van der Waals surface area (Å²) in [5, 5.41) is 14.2. The molecule has 0 saturated heterocycles. The first-order chi connectivity index (χ1) is 9.04. The molecule has 1 fully saturated rings. The van der Waals surface area contributed by atoms with Crippen molar-refractivity contribution in [1.82, 2.24) is 15.5 Å². The lowest BCUT2D eigenvalue weighted by atomic mass is 10.1. The Balaban J connectivity index is 2.17. The minimum atomic E-state index is -0.973. The number of unbranched alkanes of at least 4 members (excludes halogenated alkanes) is 1. The van der Waals surface area contributed by atoms with Crippen LogP contribution in [0.2, 0.25) is 0 Å². The maximum atomic E-state index is 11.6. The molecular weight excluding hydrogens is 246 g/mol. The van der Waals surface area contributed by atoms with Crippen molar-refractivity contribution < 1.29 is 14.7 Å². The van der Waals surface area contributed by atoms with Gasteiger partial charge >= 0.3 is 12.0 Å². The van der Waals surface area contributed by atoms with Gasteiger partial charge < -0.3 is 20.6 Å². The molecule has 0 bridgehead atoms. The normalized spacial score (nSPS) is 16.2. The summed E-state index contributed by atoms with van der Waals surface area (Å²) in [6.45, 7) is 3.33. The summed E-state index contributed by atoms with van der Waals surface area (Å²) < 4.78 is 0. The van der Waals surface area contributed by atoms with E-state index in [1.165, 1.54) is 12.8 Å². The minimum absolute atomic E-state index is 0.396. The Hall–Kier alpha value is -1.30. The fourth-order valence-corrected chi connectivity index (χ4v) is 1.92. The quantitative estimate of drug-likeness (QED) is 0.585. The Morgan fingerprint density at radius 3 is 2.63 bits per heavy atom. The number of hydrogen-bond donors (Lipinski definition) is 3. The summed E-state index contributed by atoms with van der Waals surface area (Å²) in [5.74, 6) is -0.973. The van der Waals surface area contributed by atoms with E-state index in [1.807, 2.05) is 14.0 Å². The molecule has 0 radical (unpaired) electrons. The second-order valence-electron chi connectivity index (χ2n) is 5.15. The summed E-state index contributed by atoms with van der Waals surface area (Å²) in [6.07, 6.45) is 4.66. The van der Waals surface area contributed by atoms with Crippen LogP contribution in [0.5, 0.6) is 0 Å². The molecule has 3 N–H and O–H groups in total. The second-order valence-corrected chi connectivity index (χ2v) is 5.15. The van der Waals surface area contributed by atoms with Crippen LogP contribution in [0.3, 0.4) is 0 Å². The number of rotatable bonds is 9. The summed E-state index contributed by atoms with van der Waals surface area (Å²) in [5.41, 5.74) is 0. The van der Waals surface area contributed by atoms with Crippen LogP contribution in [-0.4, -0.2) is 54.2 Å². The number of nitrogens with one attached hydrogen (secondary N) is 2. The Kier molecular flexibility index (Phi) is 6.62. The maximum Gasteiger partial charge on any atom is 0.326 e. The number of urea groups is 1. The predicted molar refractivity (Wildman–Crippen MR) is 73.1 cm³/mol. The summed E-state index contributed by atoms with van der Waals surface area (Å²) in [7, 11) is 2.04. The van der Waals surface area contributed by atoms with Gasteiger partial charge in [-0.15, -0.1) is 0 Å². The SMILES string of the molecule is CCCC[C@H](NC(=O)NCCN(C)C1CC1)C(=O)O. The van der Waals surface area contributed by atoms with Gasteiger partial charge in [-0.1, -0.05) is 19.8 Å². The Morgan fingerprint density at radius 2 is 2.11 bits per heavy atom. The molecule has 0 aromatic rings. The van der Waals surface area contributed by atoms with E-state index in [-0.39, 0.29) is 0 Å². The van der Waals surface area contributed by atoms with Gasteiger partial charge in [-0.25, -0.2) is 9.59 Å². The lowest BCUT2D eigenvalue weighted by molar-refractivity contribution is -0.139. The predicted octanol–water partition coefficient (Wildman–Crippen LogP) is 1.02. The van der Waals surface area contributed by atoms with Gasteiger partial charge in [0.05, 0.1) is 0 Å². The Morgan fingerprint density at radius 1 is 1.42 bits per heavy atom. The van der Waals surface area contributed by atoms with Crippen molar-refractivity contribution in [2.24, 2.45) is 0 Å². The van der Waals surface area contributed by atoms with E-state index in [2.05, 4.69) is 15.5 Å². The summed E-state index contributed by atoms with van der Waals surface area (Å²) in [6, 6.07) is -0.519. The molecule has 2 amide bonds. The van der Waals surface area contributed by atoms with Crippen LogP contribution >= 0.6 is 0 Å². The molecule has 6 heteroatoms. The first kappa shape index (κ1) is 15.8. The lowest BCUT2D eigenvalue weighted by Gasteiger charge is -2.17. The van der Waals surface area contributed by atoms with Crippen molar-refractivity contribution >= 4 is 12.0 Å². The second kappa shape index (κ2) is 7.99. The molecule has 1 rings (SSSR count). The van der Waals surface area contributed by atoms with E-state index in [1.54, 1.807) is 0 Å². The molecule has 1 aliphatic carbocycles. The number of aliphatic carboxylic acids is 1. The van der Waals surface area contributed by atoms with Gasteiger partial charge in [-0.2, -0.15) is 0 Å². The molecule has 1 aliphatic rings. The van der Waals surface area contributed by atoms with E-state index >= 15 is 0 Å². The van der Waals surface area contributed by atoms with E-state index in [0.29, 0.717) is 19.0 Å². The number of carbonyl (C=O) groups is 2. The molecule has 0 heterocycles. The largest absolute Gasteiger partial charge is 0.480 e. The van der Waals surface area contributed by atoms with Gasteiger partial charge in [0.2, 0.25) is 0 Å². The third-order valence-electron chi connectivity index (χ3n) is 3.37. The lowest BCUT2D eigenvalue weighted by Crippen LogP contribution is -2.47. The van der Waals surface area contributed by atoms with Crippen molar-refractivity contribution in [1.29, 1.82) is 0 Å². The van der Waals surface area contributed by atoms with Crippen LogP contribution < -0.4 is 10.6 Å². The van der Waals surface area contributed by atoms with E-state index in [9.17, 15) is 9.59 Å². The maximum absolute atomic E-state index is 11.6. The standard InChI is InChI=1S/C13H25N3O3/c1-3-4-5-11(12(17)18)15-13(19)14-8-9-16(2)10-6-7-10/h10-11H,3-9H2,1-2H3,(H,17,18)(H2,14,15,19)/t11-/m0/s1. The van der Waals surface area contributed by atoms with Crippen LogP contribution in [0.15, 0.2) is 0 Å².